The largest absolute Gasteiger partial charge is 0.491 e. The van der Waals surface area contributed by atoms with Crippen LogP contribution in [0.15, 0.2) is 66.7 Å². The number of nitrogens with one attached hydrogen (secondary N) is 1. The number of rotatable bonds is 3. The van der Waals surface area contributed by atoms with Gasteiger partial charge in [0.1, 0.15) is 12.4 Å². The molecule has 0 fully saturated rings. The SMILES string of the molecule is c1ccc2c(c1)OCC2NCc1cccc2ccccc12. The zero-order valence-electron chi connectivity index (χ0n) is 11.8. The van der Waals surface area contributed by atoms with Gasteiger partial charge in [-0.05, 0) is 22.4 Å². The van der Waals surface area contributed by atoms with Crippen LogP contribution in [0.25, 0.3) is 10.8 Å². The number of para-hydroxylation sites is 1. The van der Waals surface area contributed by atoms with E-state index in [9.17, 15) is 0 Å². The van der Waals surface area contributed by atoms with Gasteiger partial charge in [0.15, 0.2) is 0 Å². The monoisotopic (exact) mass is 275 g/mol. The predicted octanol–water partition coefficient (Wildman–Crippen LogP) is 4.06. The Morgan fingerprint density at radius 2 is 1.71 bits per heavy atom. The van der Waals surface area contributed by atoms with Gasteiger partial charge < -0.3 is 10.1 Å². The quantitative estimate of drug-likeness (QED) is 0.778. The molecule has 21 heavy (non-hydrogen) atoms. The molecule has 0 saturated carbocycles. The van der Waals surface area contributed by atoms with E-state index in [0.29, 0.717) is 6.61 Å². The maximum Gasteiger partial charge on any atom is 0.124 e. The van der Waals surface area contributed by atoms with E-state index in [4.69, 9.17) is 4.74 Å². The lowest BCUT2D eigenvalue weighted by Crippen LogP contribution is -2.22. The van der Waals surface area contributed by atoms with Crippen LogP contribution in [0.2, 0.25) is 0 Å². The number of hydrogen-bond acceptors (Lipinski definition) is 2. The molecule has 1 heterocycles. The Morgan fingerprint density at radius 3 is 2.71 bits per heavy atom. The van der Waals surface area contributed by atoms with Crippen molar-refractivity contribution in [3.63, 3.8) is 0 Å². The van der Waals surface area contributed by atoms with Crippen molar-refractivity contribution in [2.75, 3.05) is 6.61 Å². The summed E-state index contributed by atoms with van der Waals surface area (Å²) in [7, 11) is 0. The van der Waals surface area contributed by atoms with Crippen LogP contribution < -0.4 is 10.1 Å². The van der Waals surface area contributed by atoms with E-state index in [1.54, 1.807) is 0 Å². The second-order valence-corrected chi connectivity index (χ2v) is 5.42. The fraction of sp³-hybridized carbons (Fsp3) is 0.158. The van der Waals surface area contributed by atoms with E-state index < -0.39 is 0 Å². The highest BCUT2D eigenvalue weighted by molar-refractivity contribution is 5.85. The average Bonchev–Trinajstić information content (AvgIpc) is 2.96. The van der Waals surface area contributed by atoms with Crippen LogP contribution >= 0.6 is 0 Å². The van der Waals surface area contributed by atoms with Crippen molar-refractivity contribution in [1.29, 1.82) is 0 Å². The standard InChI is InChI=1S/C19H17NO/c1-2-9-16-14(6-1)7-5-8-15(16)12-20-18-13-21-19-11-4-3-10-17(18)19/h1-11,18,20H,12-13H2. The van der Waals surface area contributed by atoms with Gasteiger partial charge >= 0.3 is 0 Å². The van der Waals surface area contributed by atoms with Crippen LogP contribution in [0, 0.1) is 0 Å². The lowest BCUT2D eigenvalue weighted by atomic mass is 10.0. The average molecular weight is 275 g/mol. The van der Waals surface area contributed by atoms with Crippen LogP contribution in [0.3, 0.4) is 0 Å². The zero-order valence-corrected chi connectivity index (χ0v) is 11.8. The minimum Gasteiger partial charge on any atom is -0.491 e. The Bertz CT molecular complexity index is 776. The molecule has 1 aliphatic heterocycles. The number of benzene rings is 3. The Morgan fingerprint density at radius 1 is 0.905 bits per heavy atom. The summed E-state index contributed by atoms with van der Waals surface area (Å²) < 4.78 is 5.72. The maximum absolute atomic E-state index is 5.72. The van der Waals surface area contributed by atoms with Gasteiger partial charge in [-0.15, -0.1) is 0 Å². The highest BCUT2D eigenvalue weighted by Crippen LogP contribution is 2.32. The highest BCUT2D eigenvalue weighted by atomic mass is 16.5. The molecular formula is C19H17NO. The number of fused-ring (bicyclic) bond motifs is 2. The van der Waals surface area contributed by atoms with Crippen molar-refractivity contribution >= 4 is 10.8 Å². The molecule has 1 aliphatic rings. The van der Waals surface area contributed by atoms with Gasteiger partial charge in [-0.2, -0.15) is 0 Å². The molecule has 1 unspecified atom stereocenters. The summed E-state index contributed by atoms with van der Waals surface area (Å²) in [4.78, 5) is 0. The van der Waals surface area contributed by atoms with Gasteiger partial charge in [0.25, 0.3) is 0 Å². The molecule has 2 nitrogen and oxygen atoms in total. The Hall–Kier alpha value is -2.32. The van der Waals surface area contributed by atoms with Crippen molar-refractivity contribution in [1.82, 2.24) is 5.32 Å². The lowest BCUT2D eigenvalue weighted by molar-refractivity contribution is 0.310. The first kappa shape index (κ1) is 12.4. The van der Waals surface area contributed by atoms with Gasteiger partial charge in [-0.3, -0.25) is 0 Å². The summed E-state index contributed by atoms with van der Waals surface area (Å²) in [5.74, 6) is 1.01. The molecule has 0 saturated heterocycles. The third kappa shape index (κ3) is 2.28. The van der Waals surface area contributed by atoms with E-state index in [2.05, 4.69) is 59.9 Å². The second kappa shape index (κ2) is 5.23. The molecule has 0 radical (unpaired) electrons. The van der Waals surface area contributed by atoms with E-state index in [0.717, 1.165) is 12.3 Å². The molecule has 0 amide bonds. The minimum absolute atomic E-state index is 0.278. The van der Waals surface area contributed by atoms with Crippen LogP contribution in [0.4, 0.5) is 0 Å². The molecule has 0 aromatic heterocycles. The zero-order chi connectivity index (χ0) is 14.1. The van der Waals surface area contributed by atoms with Crippen molar-refractivity contribution in [3.8, 4) is 5.75 Å². The molecular weight excluding hydrogens is 258 g/mol. The molecule has 1 atom stereocenters. The molecule has 3 aromatic rings. The number of ether oxygens (including phenoxy) is 1. The van der Waals surface area contributed by atoms with Crippen molar-refractivity contribution in [2.45, 2.75) is 12.6 Å². The molecule has 0 aliphatic carbocycles. The Labute approximate surface area is 124 Å². The van der Waals surface area contributed by atoms with E-state index in [1.165, 1.54) is 21.9 Å². The second-order valence-electron chi connectivity index (χ2n) is 5.42. The van der Waals surface area contributed by atoms with Gasteiger partial charge in [0.05, 0.1) is 6.04 Å². The molecule has 104 valence electrons. The van der Waals surface area contributed by atoms with Crippen molar-refractivity contribution in [2.24, 2.45) is 0 Å². The normalized spacial score (nSPS) is 16.7. The maximum atomic E-state index is 5.72. The highest BCUT2D eigenvalue weighted by Gasteiger charge is 2.22. The van der Waals surface area contributed by atoms with Gasteiger partial charge in [-0.25, -0.2) is 0 Å². The summed E-state index contributed by atoms with van der Waals surface area (Å²) in [6, 6.07) is 23.5. The fourth-order valence-corrected chi connectivity index (χ4v) is 3.01. The molecule has 3 aromatic carbocycles. The topological polar surface area (TPSA) is 21.3 Å². The summed E-state index contributed by atoms with van der Waals surface area (Å²) in [5.41, 5.74) is 2.59. The summed E-state index contributed by atoms with van der Waals surface area (Å²) >= 11 is 0. The fourth-order valence-electron chi connectivity index (χ4n) is 3.01. The van der Waals surface area contributed by atoms with Gasteiger partial charge in [0.2, 0.25) is 0 Å². The number of hydrogen-bond donors (Lipinski definition) is 1. The first-order valence-corrected chi connectivity index (χ1v) is 7.33. The van der Waals surface area contributed by atoms with Crippen molar-refractivity contribution < 1.29 is 4.74 Å². The smallest absolute Gasteiger partial charge is 0.124 e. The van der Waals surface area contributed by atoms with Gasteiger partial charge in [-0.1, -0.05) is 60.7 Å². The van der Waals surface area contributed by atoms with Gasteiger partial charge in [0, 0.05) is 12.1 Å². The predicted molar refractivity (Wildman–Crippen MR) is 85.5 cm³/mol. The molecule has 2 heteroatoms. The van der Waals surface area contributed by atoms with Crippen LogP contribution in [-0.4, -0.2) is 6.61 Å². The first-order chi connectivity index (χ1) is 10.4. The summed E-state index contributed by atoms with van der Waals surface area (Å²) in [6.45, 7) is 1.56. The lowest BCUT2D eigenvalue weighted by Gasteiger charge is -2.13. The molecule has 0 spiro atoms. The van der Waals surface area contributed by atoms with Crippen LogP contribution in [0.1, 0.15) is 17.2 Å². The summed E-state index contributed by atoms with van der Waals surface area (Å²) in [6.07, 6.45) is 0. The minimum atomic E-state index is 0.278. The first-order valence-electron chi connectivity index (χ1n) is 7.33. The van der Waals surface area contributed by atoms with E-state index in [-0.39, 0.29) is 6.04 Å². The third-order valence-electron chi connectivity index (χ3n) is 4.12. The molecule has 0 bridgehead atoms. The molecule has 1 N–H and O–H groups in total. The van der Waals surface area contributed by atoms with E-state index in [1.807, 2.05) is 12.1 Å². The summed E-state index contributed by atoms with van der Waals surface area (Å²) in [5, 5.41) is 6.23. The van der Waals surface area contributed by atoms with Crippen LogP contribution in [-0.2, 0) is 6.54 Å². The third-order valence-corrected chi connectivity index (χ3v) is 4.12. The Kier molecular flexibility index (Phi) is 3.09. The van der Waals surface area contributed by atoms with E-state index >= 15 is 0 Å². The molecule has 4 rings (SSSR count). The Balaban J connectivity index is 1.57. The van der Waals surface area contributed by atoms with Crippen molar-refractivity contribution in [3.05, 3.63) is 77.9 Å². The van der Waals surface area contributed by atoms with Crippen LogP contribution in [0.5, 0.6) is 5.75 Å².